The van der Waals surface area contributed by atoms with Crippen LogP contribution in [-0.2, 0) is 12.8 Å². The Balaban J connectivity index is 1.48. The van der Waals surface area contributed by atoms with Gasteiger partial charge in [0.05, 0.1) is 0 Å². The molecule has 1 amide bonds. The third-order valence-electron chi connectivity index (χ3n) is 5.14. The van der Waals surface area contributed by atoms with Gasteiger partial charge in [0.2, 0.25) is 0 Å². The van der Waals surface area contributed by atoms with Gasteiger partial charge in [0.1, 0.15) is 0 Å². The van der Waals surface area contributed by atoms with Crippen LogP contribution in [0.15, 0.2) is 35.4 Å². The third kappa shape index (κ3) is 3.16. The second-order valence-electron chi connectivity index (χ2n) is 6.80. The summed E-state index contributed by atoms with van der Waals surface area (Å²) in [4.78, 5) is 33.5. The molecule has 2 aliphatic rings. The molecule has 1 unspecified atom stereocenters. The van der Waals surface area contributed by atoms with Crippen molar-refractivity contribution in [3.8, 4) is 0 Å². The van der Waals surface area contributed by atoms with E-state index in [0.29, 0.717) is 12.4 Å². The van der Waals surface area contributed by atoms with Crippen molar-refractivity contribution in [2.24, 2.45) is 0 Å². The number of rotatable bonds is 3. The summed E-state index contributed by atoms with van der Waals surface area (Å²) >= 11 is 0. The zero-order valence-electron chi connectivity index (χ0n) is 14.1. The van der Waals surface area contributed by atoms with Crippen LogP contribution < -0.4 is 15.8 Å². The maximum absolute atomic E-state index is 12.8. The molecule has 2 N–H and O–H groups in total. The number of aromatic nitrogens is 2. The zero-order chi connectivity index (χ0) is 17.2. The van der Waals surface area contributed by atoms with Gasteiger partial charge in [-0.2, -0.15) is 0 Å². The van der Waals surface area contributed by atoms with Crippen molar-refractivity contribution in [1.29, 1.82) is 0 Å². The molecule has 4 rings (SSSR count). The number of nitrogens with one attached hydrogen (secondary N) is 2. The Morgan fingerprint density at radius 3 is 3.08 bits per heavy atom. The highest BCUT2D eigenvalue weighted by atomic mass is 16.1. The summed E-state index contributed by atoms with van der Waals surface area (Å²) in [6.07, 6.45) is 8.14. The average Bonchev–Trinajstić information content (AvgIpc) is 3.11. The number of aryl methyl sites for hydroxylation is 1. The molecule has 0 spiro atoms. The third-order valence-corrected chi connectivity index (χ3v) is 5.14. The van der Waals surface area contributed by atoms with Gasteiger partial charge in [0.15, 0.2) is 5.82 Å². The Morgan fingerprint density at radius 2 is 2.20 bits per heavy atom. The van der Waals surface area contributed by atoms with E-state index >= 15 is 0 Å². The Bertz CT molecular complexity index is 845. The highest BCUT2D eigenvalue weighted by molar-refractivity contribution is 5.96. The van der Waals surface area contributed by atoms with Gasteiger partial charge < -0.3 is 15.2 Å². The normalized spacial score (nSPS) is 19.5. The first-order valence-electron chi connectivity index (χ1n) is 8.92. The number of nitrogens with zero attached hydrogens (tertiary/aromatic N) is 2. The van der Waals surface area contributed by atoms with Crippen molar-refractivity contribution in [2.75, 3.05) is 18.0 Å². The molecule has 6 heteroatoms. The summed E-state index contributed by atoms with van der Waals surface area (Å²) in [6.45, 7) is 1.40. The number of carbonyl (C=O) groups is 1. The minimum Gasteiger partial charge on any atom is -0.350 e. The summed E-state index contributed by atoms with van der Waals surface area (Å²) in [5, 5.41) is 3.16. The topological polar surface area (TPSA) is 78.1 Å². The molecule has 0 bridgehead atoms. The van der Waals surface area contributed by atoms with Crippen LogP contribution in [0.5, 0.6) is 0 Å². The van der Waals surface area contributed by atoms with E-state index in [-0.39, 0.29) is 17.5 Å². The van der Waals surface area contributed by atoms with Gasteiger partial charge in [0, 0.05) is 37.1 Å². The summed E-state index contributed by atoms with van der Waals surface area (Å²) in [5.74, 6) is 0.433. The fraction of sp³-hybridized carbons (Fsp3) is 0.421. The van der Waals surface area contributed by atoms with Crippen LogP contribution in [0.1, 0.15) is 40.7 Å². The van der Waals surface area contributed by atoms with Crippen LogP contribution in [0.2, 0.25) is 0 Å². The van der Waals surface area contributed by atoms with Crippen LogP contribution in [0, 0.1) is 0 Å². The largest absolute Gasteiger partial charge is 0.350 e. The summed E-state index contributed by atoms with van der Waals surface area (Å²) in [6, 6.07) is 6.04. The van der Waals surface area contributed by atoms with Crippen LogP contribution in [0.3, 0.4) is 0 Å². The predicted molar refractivity (Wildman–Crippen MR) is 96.0 cm³/mol. The Morgan fingerprint density at radius 1 is 1.28 bits per heavy atom. The monoisotopic (exact) mass is 338 g/mol. The molecule has 1 saturated heterocycles. The van der Waals surface area contributed by atoms with E-state index in [4.69, 9.17) is 0 Å². The minimum absolute atomic E-state index is 0.000491. The molecule has 0 radical (unpaired) electrons. The molecule has 2 aromatic rings. The first-order chi connectivity index (χ1) is 12.2. The van der Waals surface area contributed by atoms with Gasteiger partial charge >= 0.3 is 0 Å². The molecule has 25 heavy (non-hydrogen) atoms. The van der Waals surface area contributed by atoms with Crippen molar-refractivity contribution >= 4 is 11.7 Å². The summed E-state index contributed by atoms with van der Waals surface area (Å²) < 4.78 is 0. The number of aromatic amines is 1. The van der Waals surface area contributed by atoms with Gasteiger partial charge in [-0.05, 0) is 49.3 Å². The van der Waals surface area contributed by atoms with Gasteiger partial charge in [-0.1, -0.05) is 12.1 Å². The SMILES string of the molecule is O=C(NC1CCCN(c2ncc[nH]c2=O)C1)c1cccc2c1CCC2. The molecule has 2 heterocycles. The zero-order valence-corrected chi connectivity index (χ0v) is 14.1. The van der Waals surface area contributed by atoms with Crippen molar-refractivity contribution in [1.82, 2.24) is 15.3 Å². The Hall–Kier alpha value is -2.63. The lowest BCUT2D eigenvalue weighted by atomic mass is 10.0. The van der Waals surface area contributed by atoms with E-state index in [1.54, 1.807) is 6.20 Å². The molecular formula is C19H22N4O2. The fourth-order valence-corrected chi connectivity index (χ4v) is 3.95. The summed E-state index contributed by atoms with van der Waals surface area (Å²) in [7, 11) is 0. The molecule has 1 aliphatic carbocycles. The van der Waals surface area contributed by atoms with Crippen molar-refractivity contribution < 1.29 is 4.79 Å². The molecule has 1 aromatic heterocycles. The van der Waals surface area contributed by atoms with E-state index in [9.17, 15) is 9.59 Å². The highest BCUT2D eigenvalue weighted by Gasteiger charge is 2.25. The molecule has 1 fully saturated rings. The maximum atomic E-state index is 12.8. The first-order valence-corrected chi connectivity index (χ1v) is 8.92. The number of carbonyl (C=O) groups excluding carboxylic acids is 1. The number of H-pyrrole nitrogens is 1. The van der Waals surface area contributed by atoms with E-state index in [1.807, 2.05) is 17.0 Å². The maximum Gasteiger partial charge on any atom is 0.290 e. The van der Waals surface area contributed by atoms with E-state index in [2.05, 4.69) is 21.4 Å². The fourth-order valence-electron chi connectivity index (χ4n) is 3.95. The average molecular weight is 338 g/mol. The van der Waals surface area contributed by atoms with Crippen molar-refractivity contribution in [3.05, 3.63) is 57.6 Å². The number of hydrogen-bond donors (Lipinski definition) is 2. The van der Waals surface area contributed by atoms with Crippen molar-refractivity contribution in [2.45, 2.75) is 38.1 Å². The molecule has 1 atom stereocenters. The lowest BCUT2D eigenvalue weighted by Gasteiger charge is -2.33. The lowest BCUT2D eigenvalue weighted by molar-refractivity contribution is 0.0932. The standard InChI is InChI=1S/C19H22N4O2/c24-18(16-8-2-5-13-4-1-7-15(13)16)22-14-6-3-11-23(12-14)17-19(25)21-10-9-20-17/h2,5,8-10,14H,1,3-4,6-7,11-12H2,(H,21,25)(H,22,24). The van der Waals surface area contributed by atoms with Crippen LogP contribution in [0.25, 0.3) is 0 Å². The van der Waals surface area contributed by atoms with Gasteiger partial charge in [-0.25, -0.2) is 4.98 Å². The smallest absolute Gasteiger partial charge is 0.290 e. The summed E-state index contributed by atoms with van der Waals surface area (Å²) in [5.41, 5.74) is 3.13. The van der Waals surface area contributed by atoms with Gasteiger partial charge in [0.25, 0.3) is 11.5 Å². The first kappa shape index (κ1) is 15.9. The Labute approximate surface area is 146 Å². The highest BCUT2D eigenvalue weighted by Crippen LogP contribution is 2.25. The lowest BCUT2D eigenvalue weighted by Crippen LogP contribution is -2.49. The van der Waals surface area contributed by atoms with E-state index in [1.165, 1.54) is 17.3 Å². The number of amides is 1. The van der Waals surface area contributed by atoms with Gasteiger partial charge in [-0.3, -0.25) is 9.59 Å². The number of hydrogen-bond acceptors (Lipinski definition) is 4. The molecular weight excluding hydrogens is 316 g/mol. The van der Waals surface area contributed by atoms with Crippen molar-refractivity contribution in [3.63, 3.8) is 0 Å². The molecule has 0 saturated carbocycles. The number of fused-ring (bicyclic) bond motifs is 1. The number of anilines is 1. The van der Waals surface area contributed by atoms with Crippen LogP contribution in [0.4, 0.5) is 5.82 Å². The minimum atomic E-state index is -0.185. The molecule has 6 nitrogen and oxygen atoms in total. The molecule has 1 aromatic carbocycles. The van der Waals surface area contributed by atoms with Crippen LogP contribution in [-0.4, -0.2) is 35.0 Å². The molecule has 130 valence electrons. The molecule has 1 aliphatic heterocycles. The quantitative estimate of drug-likeness (QED) is 0.892. The van der Waals surface area contributed by atoms with E-state index < -0.39 is 0 Å². The van der Waals surface area contributed by atoms with E-state index in [0.717, 1.165) is 44.2 Å². The second kappa shape index (κ2) is 6.70. The number of piperidine rings is 1. The second-order valence-corrected chi connectivity index (χ2v) is 6.80. The van der Waals surface area contributed by atoms with Crippen LogP contribution >= 0.6 is 0 Å². The van der Waals surface area contributed by atoms with Gasteiger partial charge in [-0.15, -0.1) is 0 Å². The number of benzene rings is 1. The Kier molecular flexibility index (Phi) is 4.26. The predicted octanol–water partition coefficient (Wildman–Crippen LogP) is 1.66.